The number of aliphatic hydroxyl groups is 1. The maximum absolute atomic E-state index is 13.7. The van der Waals surface area contributed by atoms with E-state index in [1.165, 1.54) is 0 Å². The first-order valence-corrected chi connectivity index (χ1v) is 12.1. The smallest absolute Gasteiger partial charge is 0.246 e. The zero-order chi connectivity index (χ0) is 24.5. The van der Waals surface area contributed by atoms with Gasteiger partial charge in [-0.15, -0.1) is 0 Å². The number of benzene rings is 2. The van der Waals surface area contributed by atoms with Crippen molar-refractivity contribution in [3.8, 4) is 11.5 Å². The second-order valence-electron chi connectivity index (χ2n) is 9.14. The number of nitrogens with zero attached hydrogens (tertiary/aromatic N) is 2. The molecule has 2 aliphatic rings. The van der Waals surface area contributed by atoms with E-state index >= 15 is 0 Å². The number of ether oxygens (including phenoxy) is 2. The maximum Gasteiger partial charge on any atom is 0.246 e. The zero-order valence-corrected chi connectivity index (χ0v) is 20.1. The van der Waals surface area contributed by atoms with Crippen molar-refractivity contribution in [2.45, 2.75) is 37.8 Å². The van der Waals surface area contributed by atoms with Gasteiger partial charge in [0.1, 0.15) is 23.6 Å². The van der Waals surface area contributed by atoms with E-state index in [2.05, 4.69) is 11.1 Å². The zero-order valence-electron chi connectivity index (χ0n) is 20.1. The molecule has 2 aliphatic heterocycles. The van der Waals surface area contributed by atoms with Crippen LogP contribution in [0.1, 0.15) is 42.1 Å². The number of aliphatic hydroxyl groups excluding tert-OH is 1. The van der Waals surface area contributed by atoms with Crippen LogP contribution in [0.5, 0.6) is 11.5 Å². The molecular formula is C27H31N3O5. The van der Waals surface area contributed by atoms with E-state index in [0.29, 0.717) is 30.9 Å². The molecule has 0 spiro atoms. The molecule has 1 fully saturated rings. The minimum absolute atomic E-state index is 0.0311. The molecule has 2 aromatic carbocycles. The van der Waals surface area contributed by atoms with E-state index in [9.17, 15) is 9.59 Å². The number of rotatable bonds is 8. The summed E-state index contributed by atoms with van der Waals surface area (Å²) >= 11 is 0. The van der Waals surface area contributed by atoms with Crippen LogP contribution in [0.2, 0.25) is 0 Å². The number of fused-ring (bicyclic) bond motifs is 4. The predicted molar refractivity (Wildman–Crippen MR) is 132 cm³/mol. The van der Waals surface area contributed by atoms with Crippen LogP contribution in [0.25, 0.3) is 10.9 Å². The lowest BCUT2D eigenvalue weighted by molar-refractivity contribution is -0.158. The van der Waals surface area contributed by atoms with Crippen molar-refractivity contribution < 1.29 is 24.2 Å². The molecular weight excluding hydrogens is 446 g/mol. The molecule has 3 aromatic rings. The molecule has 0 aliphatic carbocycles. The summed E-state index contributed by atoms with van der Waals surface area (Å²) < 4.78 is 11.2. The third-order valence-corrected chi connectivity index (χ3v) is 7.16. The Labute approximate surface area is 204 Å². The van der Waals surface area contributed by atoms with Gasteiger partial charge < -0.3 is 29.4 Å². The number of nitrogens with one attached hydrogen (secondary N) is 1. The van der Waals surface area contributed by atoms with Crippen LogP contribution in [0.3, 0.4) is 0 Å². The highest BCUT2D eigenvalue weighted by Gasteiger charge is 2.48. The van der Waals surface area contributed by atoms with Crippen molar-refractivity contribution in [2.24, 2.45) is 0 Å². The Balaban J connectivity index is 1.62. The summed E-state index contributed by atoms with van der Waals surface area (Å²) in [5.74, 6) is 1.17. The number of hydrogen-bond acceptors (Lipinski definition) is 5. The Morgan fingerprint density at radius 3 is 2.66 bits per heavy atom. The molecule has 0 radical (unpaired) electrons. The minimum Gasteiger partial charge on any atom is -0.497 e. The summed E-state index contributed by atoms with van der Waals surface area (Å²) in [5.41, 5.74) is 3.72. The fourth-order valence-electron chi connectivity index (χ4n) is 5.48. The van der Waals surface area contributed by atoms with Gasteiger partial charge in [0.2, 0.25) is 11.8 Å². The number of hydrogen-bond donors (Lipinski definition) is 2. The van der Waals surface area contributed by atoms with Gasteiger partial charge in [0.15, 0.2) is 0 Å². The summed E-state index contributed by atoms with van der Waals surface area (Å²) in [4.78, 5) is 34.3. The summed E-state index contributed by atoms with van der Waals surface area (Å²) in [6, 6.07) is 12.5. The first kappa shape index (κ1) is 23.2. The Morgan fingerprint density at radius 2 is 1.89 bits per heavy atom. The first-order valence-electron chi connectivity index (χ1n) is 12.1. The SMILES string of the molecule is COc1ccc(OC)c(C2c3[nH]c4ccccc4c3C[C@H]3C(=O)N(CCCCCO)CC(=O)N23)c1. The van der Waals surface area contributed by atoms with E-state index in [1.807, 2.05) is 36.4 Å². The second-order valence-corrected chi connectivity index (χ2v) is 9.14. The topological polar surface area (TPSA) is 95.1 Å². The summed E-state index contributed by atoms with van der Waals surface area (Å²) in [7, 11) is 3.21. The Hall–Kier alpha value is -3.52. The number of aromatic nitrogens is 1. The molecule has 1 aromatic heterocycles. The van der Waals surface area contributed by atoms with Gasteiger partial charge in [-0.1, -0.05) is 18.2 Å². The van der Waals surface area contributed by atoms with Crippen LogP contribution in [0.15, 0.2) is 42.5 Å². The third-order valence-electron chi connectivity index (χ3n) is 7.16. The van der Waals surface area contributed by atoms with Crippen LogP contribution in [0.4, 0.5) is 0 Å². The van der Waals surface area contributed by atoms with Crippen molar-refractivity contribution in [1.82, 2.24) is 14.8 Å². The predicted octanol–water partition coefficient (Wildman–Crippen LogP) is 3.03. The van der Waals surface area contributed by atoms with E-state index in [4.69, 9.17) is 14.6 Å². The number of para-hydroxylation sites is 1. The molecule has 2 amide bonds. The molecule has 0 bridgehead atoms. The highest BCUT2D eigenvalue weighted by atomic mass is 16.5. The highest BCUT2D eigenvalue weighted by molar-refractivity contribution is 5.97. The lowest BCUT2D eigenvalue weighted by Gasteiger charge is -2.47. The van der Waals surface area contributed by atoms with Crippen LogP contribution in [-0.4, -0.2) is 71.7 Å². The number of unbranched alkanes of at least 4 members (excludes halogenated alkanes) is 2. The van der Waals surface area contributed by atoms with Gasteiger partial charge >= 0.3 is 0 Å². The molecule has 184 valence electrons. The quantitative estimate of drug-likeness (QED) is 0.487. The highest BCUT2D eigenvalue weighted by Crippen LogP contribution is 2.45. The van der Waals surface area contributed by atoms with Crippen LogP contribution >= 0.6 is 0 Å². The molecule has 8 nitrogen and oxygen atoms in total. The molecule has 2 N–H and O–H groups in total. The van der Waals surface area contributed by atoms with Gasteiger partial charge in [-0.25, -0.2) is 0 Å². The van der Waals surface area contributed by atoms with Crippen LogP contribution < -0.4 is 9.47 Å². The normalized spacial score (nSPS) is 19.6. The standard InChI is InChI=1S/C27H31N3O5/c1-34-17-10-11-23(35-2)20(14-17)26-25-19(18-8-4-5-9-21(18)28-25)15-22-27(33)29(12-6-3-7-13-31)16-24(32)30(22)26/h4-5,8-11,14,22,26,28,31H,3,6-7,12-13,15-16H2,1-2H3/t22-,26?/m0/s1. The Bertz CT molecular complexity index is 1250. The number of piperazine rings is 1. The van der Waals surface area contributed by atoms with Crippen molar-refractivity contribution in [1.29, 1.82) is 0 Å². The van der Waals surface area contributed by atoms with Gasteiger partial charge in [-0.05, 0) is 49.1 Å². The first-order chi connectivity index (χ1) is 17.1. The van der Waals surface area contributed by atoms with E-state index < -0.39 is 12.1 Å². The number of methoxy groups -OCH3 is 2. The van der Waals surface area contributed by atoms with Gasteiger partial charge in [-0.2, -0.15) is 0 Å². The van der Waals surface area contributed by atoms with E-state index in [1.54, 1.807) is 24.0 Å². The van der Waals surface area contributed by atoms with Crippen molar-refractivity contribution in [3.05, 3.63) is 59.3 Å². The second kappa shape index (κ2) is 9.62. The van der Waals surface area contributed by atoms with Gasteiger partial charge in [0, 0.05) is 41.7 Å². The van der Waals surface area contributed by atoms with Crippen molar-refractivity contribution in [2.75, 3.05) is 33.9 Å². The van der Waals surface area contributed by atoms with Gasteiger partial charge in [-0.3, -0.25) is 9.59 Å². The number of amides is 2. The molecule has 2 atom stereocenters. The van der Waals surface area contributed by atoms with Crippen molar-refractivity contribution in [3.63, 3.8) is 0 Å². The largest absolute Gasteiger partial charge is 0.497 e. The Kier molecular flexibility index (Phi) is 6.38. The van der Waals surface area contributed by atoms with E-state index in [-0.39, 0.29) is 25.0 Å². The average Bonchev–Trinajstić information content (AvgIpc) is 3.26. The third kappa shape index (κ3) is 4.01. The molecule has 1 unspecified atom stereocenters. The van der Waals surface area contributed by atoms with Crippen molar-refractivity contribution >= 4 is 22.7 Å². The van der Waals surface area contributed by atoms with Gasteiger partial charge in [0.05, 0.1) is 20.8 Å². The summed E-state index contributed by atoms with van der Waals surface area (Å²) in [6.45, 7) is 0.701. The summed E-state index contributed by atoms with van der Waals surface area (Å²) in [5, 5.41) is 10.1. The maximum atomic E-state index is 13.7. The number of H-pyrrole nitrogens is 1. The number of carbonyl (C=O) groups excluding carboxylic acids is 2. The Morgan fingerprint density at radius 1 is 1.06 bits per heavy atom. The van der Waals surface area contributed by atoms with E-state index in [0.717, 1.165) is 40.6 Å². The monoisotopic (exact) mass is 477 g/mol. The number of carbonyl (C=O) groups is 2. The lowest BCUT2D eigenvalue weighted by atomic mass is 9.85. The summed E-state index contributed by atoms with van der Waals surface area (Å²) in [6.07, 6.45) is 2.73. The lowest BCUT2D eigenvalue weighted by Crippen LogP contribution is -2.63. The number of aromatic amines is 1. The molecule has 1 saturated heterocycles. The molecule has 0 saturated carbocycles. The molecule has 5 rings (SSSR count). The van der Waals surface area contributed by atoms with Gasteiger partial charge in [0.25, 0.3) is 0 Å². The molecule has 3 heterocycles. The van der Waals surface area contributed by atoms with Crippen LogP contribution in [0, 0.1) is 0 Å². The fraction of sp³-hybridized carbons (Fsp3) is 0.407. The minimum atomic E-state index is -0.596. The molecule has 35 heavy (non-hydrogen) atoms. The van der Waals surface area contributed by atoms with Crippen LogP contribution in [-0.2, 0) is 16.0 Å². The average molecular weight is 478 g/mol. The molecule has 8 heteroatoms. The fourth-order valence-corrected chi connectivity index (χ4v) is 5.48.